The van der Waals surface area contributed by atoms with Gasteiger partial charge in [0.15, 0.2) is 0 Å². The highest BCUT2D eigenvalue weighted by Crippen LogP contribution is 2.26. The minimum absolute atomic E-state index is 0.390. The van der Waals surface area contributed by atoms with Crippen LogP contribution in [0.5, 0.6) is 0 Å². The molecule has 0 saturated carbocycles. The third-order valence-corrected chi connectivity index (χ3v) is 4.34. The van der Waals surface area contributed by atoms with E-state index in [1.165, 1.54) is 6.21 Å². The summed E-state index contributed by atoms with van der Waals surface area (Å²) in [5.74, 6) is 0. The van der Waals surface area contributed by atoms with Gasteiger partial charge in [-0.15, -0.1) is 0 Å². The summed E-state index contributed by atoms with van der Waals surface area (Å²) in [4.78, 5) is 1.87. The van der Waals surface area contributed by atoms with Gasteiger partial charge in [-0.05, 0) is 17.7 Å². The molecule has 1 aromatic carbocycles. The number of nitrogens with one attached hydrogen (secondary N) is 1. The van der Waals surface area contributed by atoms with E-state index in [9.17, 15) is 0 Å². The zero-order chi connectivity index (χ0) is 14.6. The second-order valence-electron chi connectivity index (χ2n) is 5.07. The summed E-state index contributed by atoms with van der Waals surface area (Å²) in [6.07, 6.45) is 1.99. The highest BCUT2D eigenvalue weighted by atomic mass is 32.1. The van der Waals surface area contributed by atoms with Gasteiger partial charge < -0.3 is 21.6 Å². The predicted molar refractivity (Wildman–Crippen MR) is 85.6 cm³/mol. The molecule has 5 nitrogen and oxygen atoms in total. The summed E-state index contributed by atoms with van der Waals surface area (Å²) in [5.41, 5.74) is 14.2. The van der Waals surface area contributed by atoms with Gasteiger partial charge in [0.25, 0.3) is 0 Å². The second kappa shape index (κ2) is 6.58. The molecule has 0 aliphatic carbocycles. The first-order chi connectivity index (χ1) is 9.59. The Morgan fingerprint density at radius 2 is 2.10 bits per heavy atom. The molecule has 1 aliphatic heterocycles. The van der Waals surface area contributed by atoms with Crippen molar-refractivity contribution in [3.8, 4) is 0 Å². The third-order valence-electron chi connectivity index (χ3n) is 3.72. The Balaban J connectivity index is 2.18. The number of thiol groups is 1. The molecule has 0 amide bonds. The molecule has 0 bridgehead atoms. The van der Waals surface area contributed by atoms with Crippen LogP contribution in [0.2, 0.25) is 0 Å². The van der Waals surface area contributed by atoms with Gasteiger partial charge in [0.1, 0.15) is 0 Å². The standard InChI is InChI=1S/C14H22N4OS/c15-9-12-7-11(1-2-13(12)17)8-14(20,10-16)18-3-5-19-6-4-18/h1-2,7,9,15,20H,3-6,8,10,16-17H2. The lowest BCUT2D eigenvalue weighted by Crippen LogP contribution is -2.55. The average molecular weight is 294 g/mol. The van der Waals surface area contributed by atoms with Gasteiger partial charge in [0.2, 0.25) is 0 Å². The maximum Gasteiger partial charge on any atom is 0.0806 e. The lowest BCUT2D eigenvalue weighted by atomic mass is 10.0. The zero-order valence-electron chi connectivity index (χ0n) is 11.5. The second-order valence-corrected chi connectivity index (χ2v) is 5.90. The number of nitrogens with two attached hydrogens (primary N) is 2. The van der Waals surface area contributed by atoms with Crippen molar-refractivity contribution in [3.05, 3.63) is 29.3 Å². The number of hydrogen-bond acceptors (Lipinski definition) is 6. The topological polar surface area (TPSA) is 88.4 Å². The lowest BCUT2D eigenvalue weighted by Gasteiger charge is -2.42. The number of nitrogens with zero attached hydrogens (tertiary/aromatic N) is 1. The quantitative estimate of drug-likeness (QED) is 0.366. The van der Waals surface area contributed by atoms with Gasteiger partial charge in [0, 0.05) is 43.5 Å². The molecule has 1 fully saturated rings. The van der Waals surface area contributed by atoms with Crippen LogP contribution in [0.15, 0.2) is 18.2 Å². The van der Waals surface area contributed by atoms with Crippen LogP contribution in [-0.2, 0) is 11.2 Å². The summed E-state index contributed by atoms with van der Waals surface area (Å²) in [5, 5.41) is 7.38. The number of benzene rings is 1. The van der Waals surface area contributed by atoms with Crippen molar-refractivity contribution in [2.45, 2.75) is 11.3 Å². The third kappa shape index (κ3) is 3.32. The largest absolute Gasteiger partial charge is 0.398 e. The molecule has 1 aromatic rings. The Morgan fingerprint density at radius 3 is 2.70 bits per heavy atom. The van der Waals surface area contributed by atoms with E-state index in [2.05, 4.69) is 4.90 Å². The Labute approximate surface area is 125 Å². The fourth-order valence-electron chi connectivity index (χ4n) is 2.48. The van der Waals surface area contributed by atoms with Crippen LogP contribution in [0, 0.1) is 5.41 Å². The molecule has 0 radical (unpaired) electrons. The predicted octanol–water partition coefficient (Wildman–Crippen LogP) is 0.726. The molecule has 5 N–H and O–H groups in total. The Morgan fingerprint density at radius 1 is 1.40 bits per heavy atom. The minimum atomic E-state index is -0.390. The van der Waals surface area contributed by atoms with Crippen LogP contribution in [0.4, 0.5) is 5.69 Å². The molecule has 6 heteroatoms. The Hall–Kier alpha value is -1.08. The first-order valence-corrected chi connectivity index (χ1v) is 7.18. The van der Waals surface area contributed by atoms with Crippen molar-refractivity contribution in [2.24, 2.45) is 5.73 Å². The van der Waals surface area contributed by atoms with E-state index in [4.69, 9.17) is 34.2 Å². The van der Waals surface area contributed by atoms with E-state index in [0.717, 1.165) is 37.4 Å². The van der Waals surface area contributed by atoms with Gasteiger partial charge in [-0.1, -0.05) is 6.07 Å². The molecular formula is C14H22N4OS. The van der Waals surface area contributed by atoms with Crippen molar-refractivity contribution < 1.29 is 4.74 Å². The van der Waals surface area contributed by atoms with Gasteiger partial charge in [0.05, 0.1) is 18.1 Å². The SMILES string of the molecule is N=Cc1cc(CC(S)(CN)N2CCOCC2)ccc1N. The van der Waals surface area contributed by atoms with Crippen molar-refractivity contribution in [3.63, 3.8) is 0 Å². The molecule has 1 unspecified atom stereocenters. The van der Waals surface area contributed by atoms with E-state index in [1.807, 2.05) is 18.2 Å². The van der Waals surface area contributed by atoms with E-state index in [1.54, 1.807) is 0 Å². The molecule has 20 heavy (non-hydrogen) atoms. The van der Waals surface area contributed by atoms with Crippen LogP contribution >= 0.6 is 12.6 Å². The number of morpholine rings is 1. The highest BCUT2D eigenvalue weighted by Gasteiger charge is 2.33. The molecule has 2 rings (SSSR count). The molecule has 1 atom stereocenters. The van der Waals surface area contributed by atoms with Crippen LogP contribution in [0.25, 0.3) is 0 Å². The number of ether oxygens (including phenoxy) is 1. The summed E-state index contributed by atoms with van der Waals surface area (Å²) >= 11 is 4.82. The maximum atomic E-state index is 7.38. The molecular weight excluding hydrogens is 272 g/mol. The van der Waals surface area contributed by atoms with E-state index in [-0.39, 0.29) is 4.87 Å². The maximum absolute atomic E-state index is 7.38. The first-order valence-electron chi connectivity index (χ1n) is 6.73. The fraction of sp³-hybridized carbons (Fsp3) is 0.500. The van der Waals surface area contributed by atoms with Crippen LogP contribution in [0.1, 0.15) is 11.1 Å². The van der Waals surface area contributed by atoms with Crippen LogP contribution in [0.3, 0.4) is 0 Å². The van der Waals surface area contributed by atoms with Crippen molar-refractivity contribution in [1.29, 1.82) is 5.41 Å². The lowest BCUT2D eigenvalue weighted by molar-refractivity contribution is 0.00996. The average Bonchev–Trinajstić information content (AvgIpc) is 2.50. The van der Waals surface area contributed by atoms with Gasteiger partial charge >= 0.3 is 0 Å². The smallest absolute Gasteiger partial charge is 0.0806 e. The number of hydrogen-bond donors (Lipinski definition) is 4. The van der Waals surface area contributed by atoms with Gasteiger partial charge in [-0.3, -0.25) is 4.90 Å². The molecule has 0 spiro atoms. The van der Waals surface area contributed by atoms with Crippen LogP contribution in [-0.4, -0.2) is 48.8 Å². The number of rotatable bonds is 5. The summed E-state index contributed by atoms with van der Waals surface area (Å²) in [6, 6.07) is 5.74. The number of anilines is 1. The van der Waals surface area contributed by atoms with Crippen molar-refractivity contribution in [2.75, 3.05) is 38.6 Å². The number of nitrogen functional groups attached to an aromatic ring is 1. The normalized spacial score (nSPS) is 19.5. The van der Waals surface area contributed by atoms with E-state index >= 15 is 0 Å². The first kappa shape index (κ1) is 15.3. The van der Waals surface area contributed by atoms with Crippen LogP contribution < -0.4 is 11.5 Å². The zero-order valence-corrected chi connectivity index (χ0v) is 12.4. The monoisotopic (exact) mass is 294 g/mol. The van der Waals surface area contributed by atoms with Crippen molar-refractivity contribution >= 4 is 24.5 Å². The summed E-state index contributed by atoms with van der Waals surface area (Å²) in [6.45, 7) is 3.58. The molecule has 1 aliphatic rings. The molecule has 0 aromatic heterocycles. The van der Waals surface area contributed by atoms with Gasteiger partial charge in [-0.2, -0.15) is 12.6 Å². The molecule has 1 heterocycles. The molecule has 1 saturated heterocycles. The Kier molecular flexibility index (Phi) is 5.04. The Bertz CT molecular complexity index is 476. The van der Waals surface area contributed by atoms with E-state index < -0.39 is 0 Å². The minimum Gasteiger partial charge on any atom is -0.398 e. The fourth-order valence-corrected chi connectivity index (χ4v) is 2.86. The van der Waals surface area contributed by atoms with E-state index in [0.29, 0.717) is 18.7 Å². The summed E-state index contributed by atoms with van der Waals surface area (Å²) in [7, 11) is 0. The van der Waals surface area contributed by atoms with Crippen molar-refractivity contribution in [1.82, 2.24) is 4.90 Å². The van der Waals surface area contributed by atoms with Gasteiger partial charge in [-0.25, -0.2) is 0 Å². The summed E-state index contributed by atoms with van der Waals surface area (Å²) < 4.78 is 5.38. The highest BCUT2D eigenvalue weighted by molar-refractivity contribution is 7.81. The molecule has 110 valence electrons.